The van der Waals surface area contributed by atoms with Crippen molar-refractivity contribution in [3.63, 3.8) is 0 Å². The Hall–Kier alpha value is -2.26. The van der Waals surface area contributed by atoms with Crippen LogP contribution in [-0.2, 0) is 16.6 Å². The van der Waals surface area contributed by atoms with Gasteiger partial charge in [-0.15, -0.1) is 11.3 Å². The zero-order chi connectivity index (χ0) is 22.6. The number of sulfonamides is 1. The number of methoxy groups -OCH3 is 1. The summed E-state index contributed by atoms with van der Waals surface area (Å²) in [5.41, 5.74) is 2.46. The number of nitrogens with zero attached hydrogens (tertiary/aromatic N) is 1. The number of rotatable bonds is 8. The Balaban J connectivity index is 1.35. The molecule has 4 rings (SSSR count). The molecule has 0 spiro atoms. The number of anilines is 2. The van der Waals surface area contributed by atoms with Gasteiger partial charge in [-0.05, 0) is 48.7 Å². The lowest BCUT2D eigenvalue weighted by atomic mass is 10.0. The molecule has 0 amide bonds. The van der Waals surface area contributed by atoms with Gasteiger partial charge in [0.2, 0.25) is 0 Å². The third-order valence-electron chi connectivity index (χ3n) is 5.47. The fourth-order valence-electron chi connectivity index (χ4n) is 3.74. The highest BCUT2D eigenvalue weighted by Gasteiger charge is 2.24. The summed E-state index contributed by atoms with van der Waals surface area (Å²) >= 11 is 7.44. The van der Waals surface area contributed by atoms with Gasteiger partial charge in [0.05, 0.1) is 12.8 Å². The highest BCUT2D eigenvalue weighted by molar-refractivity contribution is 7.94. The Kier molecular flexibility index (Phi) is 7.25. The molecule has 1 saturated heterocycles. The van der Waals surface area contributed by atoms with E-state index >= 15 is 0 Å². The van der Waals surface area contributed by atoms with E-state index in [-0.39, 0.29) is 10.3 Å². The van der Waals surface area contributed by atoms with E-state index in [9.17, 15) is 8.42 Å². The minimum absolute atomic E-state index is 0.183. The van der Waals surface area contributed by atoms with Gasteiger partial charge >= 0.3 is 0 Å². The molecule has 1 aromatic heterocycles. The highest BCUT2D eigenvalue weighted by atomic mass is 35.5. The normalized spacial score (nSPS) is 15.4. The third-order valence-corrected chi connectivity index (χ3v) is 8.68. The van der Waals surface area contributed by atoms with Gasteiger partial charge in [0.25, 0.3) is 10.0 Å². The first-order valence-corrected chi connectivity index (χ1v) is 13.1. The van der Waals surface area contributed by atoms with Gasteiger partial charge in [-0.2, -0.15) is 0 Å². The minimum Gasteiger partial charge on any atom is -0.497 e. The van der Waals surface area contributed by atoms with E-state index in [0.29, 0.717) is 21.5 Å². The summed E-state index contributed by atoms with van der Waals surface area (Å²) in [6.45, 7) is 2.92. The molecular weight excluding hydrogens is 466 g/mol. The molecule has 1 aliphatic rings. The van der Waals surface area contributed by atoms with E-state index in [4.69, 9.17) is 16.3 Å². The summed E-state index contributed by atoms with van der Waals surface area (Å²) in [5, 5.41) is 3.45. The lowest BCUT2D eigenvalue weighted by Gasteiger charge is -2.32. The molecule has 6 nitrogen and oxygen atoms in total. The summed E-state index contributed by atoms with van der Waals surface area (Å²) in [6.07, 6.45) is 1.95. The minimum atomic E-state index is -3.72. The van der Waals surface area contributed by atoms with Crippen molar-refractivity contribution in [3.05, 3.63) is 70.6 Å². The van der Waals surface area contributed by atoms with Crippen molar-refractivity contribution in [3.8, 4) is 5.75 Å². The number of likely N-dealkylation sites (tertiary alicyclic amines) is 1. The summed E-state index contributed by atoms with van der Waals surface area (Å²) in [6, 6.07) is 19.1. The molecule has 0 unspecified atom stereocenters. The van der Waals surface area contributed by atoms with Crippen molar-refractivity contribution < 1.29 is 13.2 Å². The number of ether oxygens (including phenoxy) is 1. The zero-order valence-corrected chi connectivity index (χ0v) is 20.1. The molecular formula is C23H26ClN3O3S2. The van der Waals surface area contributed by atoms with Crippen molar-refractivity contribution in [2.45, 2.75) is 29.6 Å². The monoisotopic (exact) mass is 491 g/mol. The van der Waals surface area contributed by atoms with Crippen molar-refractivity contribution in [1.82, 2.24) is 4.90 Å². The van der Waals surface area contributed by atoms with Gasteiger partial charge in [-0.3, -0.25) is 9.62 Å². The first kappa shape index (κ1) is 22.9. The van der Waals surface area contributed by atoms with Crippen LogP contribution in [0.25, 0.3) is 0 Å². The quantitative estimate of drug-likeness (QED) is 0.448. The van der Waals surface area contributed by atoms with E-state index in [1.54, 1.807) is 37.4 Å². The summed E-state index contributed by atoms with van der Waals surface area (Å²) in [7, 11) is -2.16. The SMILES string of the molecule is COc1ccc(NS(=O)(=O)c2cc(NC3CCN(Cc4ccccc4)CC3)c(Cl)s2)cc1. The molecule has 1 fully saturated rings. The van der Waals surface area contributed by atoms with Crippen LogP contribution in [0.4, 0.5) is 11.4 Å². The topological polar surface area (TPSA) is 70.7 Å². The second-order valence-corrected chi connectivity index (χ2v) is 11.3. The smallest absolute Gasteiger partial charge is 0.271 e. The molecule has 0 saturated carbocycles. The maximum Gasteiger partial charge on any atom is 0.271 e. The Morgan fingerprint density at radius 3 is 2.44 bits per heavy atom. The molecule has 0 radical (unpaired) electrons. The second kappa shape index (κ2) is 10.1. The zero-order valence-electron chi connectivity index (χ0n) is 17.8. The van der Waals surface area contributed by atoms with Gasteiger partial charge in [0.1, 0.15) is 14.3 Å². The molecule has 32 heavy (non-hydrogen) atoms. The average molecular weight is 492 g/mol. The van der Waals surface area contributed by atoms with Crippen LogP contribution in [0.3, 0.4) is 0 Å². The molecule has 2 aromatic carbocycles. The number of nitrogens with one attached hydrogen (secondary N) is 2. The average Bonchev–Trinajstić information content (AvgIpc) is 3.17. The van der Waals surface area contributed by atoms with E-state index in [1.807, 2.05) is 6.07 Å². The third kappa shape index (κ3) is 5.75. The van der Waals surface area contributed by atoms with Crippen LogP contribution in [0.1, 0.15) is 18.4 Å². The molecule has 0 bridgehead atoms. The standard InChI is InChI=1S/C23H26ClN3O3S2/c1-30-20-9-7-19(8-10-20)26-32(28,29)22-15-21(23(24)31-22)25-18-11-13-27(14-12-18)16-17-5-3-2-4-6-17/h2-10,15,18,25-26H,11-14,16H2,1H3. The Labute approximate surface area is 198 Å². The number of piperidine rings is 1. The van der Waals surface area contributed by atoms with Gasteiger partial charge in [-0.25, -0.2) is 8.42 Å². The van der Waals surface area contributed by atoms with Crippen molar-refractivity contribution in [1.29, 1.82) is 0 Å². The Bertz CT molecular complexity index is 1130. The first-order chi connectivity index (χ1) is 15.4. The number of thiophene rings is 1. The van der Waals surface area contributed by atoms with E-state index in [1.165, 1.54) is 5.56 Å². The van der Waals surface area contributed by atoms with Crippen LogP contribution in [-0.4, -0.2) is 39.6 Å². The highest BCUT2D eigenvalue weighted by Crippen LogP contribution is 2.37. The molecule has 0 aliphatic carbocycles. The number of benzene rings is 2. The number of hydrogen-bond acceptors (Lipinski definition) is 6. The van der Waals surface area contributed by atoms with Gasteiger partial charge < -0.3 is 10.1 Å². The summed E-state index contributed by atoms with van der Waals surface area (Å²) < 4.78 is 33.9. The molecule has 170 valence electrons. The van der Waals surface area contributed by atoms with Gasteiger partial charge in [0.15, 0.2) is 0 Å². The molecule has 9 heteroatoms. The van der Waals surface area contributed by atoms with Gasteiger partial charge in [-0.1, -0.05) is 41.9 Å². The van der Waals surface area contributed by atoms with Crippen LogP contribution < -0.4 is 14.8 Å². The van der Waals surface area contributed by atoms with Crippen LogP contribution >= 0.6 is 22.9 Å². The van der Waals surface area contributed by atoms with Crippen molar-refractivity contribution in [2.24, 2.45) is 0 Å². The lowest BCUT2D eigenvalue weighted by molar-refractivity contribution is 0.211. The number of halogens is 1. The molecule has 2 heterocycles. The van der Waals surface area contributed by atoms with E-state index < -0.39 is 10.0 Å². The largest absolute Gasteiger partial charge is 0.497 e. The van der Waals surface area contributed by atoms with Crippen LogP contribution in [0.15, 0.2) is 64.9 Å². The van der Waals surface area contributed by atoms with E-state index in [0.717, 1.165) is 43.8 Å². The molecule has 3 aromatic rings. The lowest BCUT2D eigenvalue weighted by Crippen LogP contribution is -2.38. The maximum atomic E-state index is 12.8. The van der Waals surface area contributed by atoms with Crippen LogP contribution in [0, 0.1) is 0 Å². The van der Waals surface area contributed by atoms with Crippen LogP contribution in [0.2, 0.25) is 4.34 Å². The molecule has 2 N–H and O–H groups in total. The summed E-state index contributed by atoms with van der Waals surface area (Å²) in [5.74, 6) is 0.661. The second-order valence-electron chi connectivity index (χ2n) is 7.77. The first-order valence-electron chi connectivity index (χ1n) is 10.4. The van der Waals surface area contributed by atoms with Crippen LogP contribution in [0.5, 0.6) is 5.75 Å². The fraction of sp³-hybridized carbons (Fsp3) is 0.304. The van der Waals surface area contributed by atoms with E-state index in [2.05, 4.69) is 39.2 Å². The molecule has 1 aliphatic heterocycles. The predicted octanol–water partition coefficient (Wildman–Crippen LogP) is 5.29. The van der Waals surface area contributed by atoms with Crippen molar-refractivity contribution in [2.75, 3.05) is 30.2 Å². The Morgan fingerprint density at radius 2 is 1.78 bits per heavy atom. The molecule has 0 atom stereocenters. The van der Waals surface area contributed by atoms with Crippen molar-refractivity contribution >= 4 is 44.3 Å². The summed E-state index contributed by atoms with van der Waals surface area (Å²) in [4.78, 5) is 2.44. The Morgan fingerprint density at radius 1 is 1.09 bits per heavy atom. The predicted molar refractivity (Wildman–Crippen MR) is 131 cm³/mol. The van der Waals surface area contributed by atoms with Gasteiger partial charge in [0, 0.05) is 31.4 Å². The number of hydrogen-bond donors (Lipinski definition) is 2. The maximum absolute atomic E-state index is 12.8. The fourth-order valence-corrected chi connectivity index (χ4v) is 6.45.